The van der Waals surface area contributed by atoms with Crippen molar-refractivity contribution >= 4 is 6.21 Å². The van der Waals surface area contributed by atoms with E-state index in [4.69, 9.17) is 0 Å². The molecule has 0 unspecified atom stereocenters. The lowest BCUT2D eigenvalue weighted by atomic mass is 9.90. The summed E-state index contributed by atoms with van der Waals surface area (Å²) < 4.78 is 26.3. The Labute approximate surface area is 95.1 Å². The van der Waals surface area contributed by atoms with E-state index in [2.05, 4.69) is 16.9 Å². The van der Waals surface area contributed by atoms with Crippen LogP contribution in [0.1, 0.15) is 20.8 Å². The van der Waals surface area contributed by atoms with E-state index < -0.39 is 5.92 Å². The van der Waals surface area contributed by atoms with Crippen LogP contribution in [0.5, 0.6) is 0 Å². The molecule has 0 saturated carbocycles. The molecule has 0 aromatic rings. The molecule has 16 heavy (non-hydrogen) atoms. The number of aliphatic imine (C=N–C) groups is 1. The fourth-order valence-electron chi connectivity index (χ4n) is 1.34. The van der Waals surface area contributed by atoms with Crippen LogP contribution in [0.2, 0.25) is 0 Å². The zero-order chi connectivity index (χ0) is 12.4. The van der Waals surface area contributed by atoms with Gasteiger partial charge in [-0.2, -0.15) is 0 Å². The fourth-order valence-corrected chi connectivity index (χ4v) is 1.34. The molecule has 1 heterocycles. The molecule has 1 aliphatic heterocycles. The lowest BCUT2D eigenvalue weighted by Crippen LogP contribution is -2.30. The molecule has 0 fully saturated rings. The van der Waals surface area contributed by atoms with E-state index in [1.165, 1.54) is 12.3 Å². The third-order valence-electron chi connectivity index (χ3n) is 2.68. The van der Waals surface area contributed by atoms with E-state index in [-0.39, 0.29) is 11.0 Å². The van der Waals surface area contributed by atoms with E-state index >= 15 is 0 Å². The van der Waals surface area contributed by atoms with Crippen LogP contribution in [0.3, 0.4) is 0 Å². The van der Waals surface area contributed by atoms with Crippen LogP contribution >= 0.6 is 0 Å². The van der Waals surface area contributed by atoms with Crippen molar-refractivity contribution in [2.24, 2.45) is 10.4 Å². The minimum Gasteiger partial charge on any atom is -0.312 e. The predicted molar refractivity (Wildman–Crippen MR) is 63.0 cm³/mol. The normalized spacial score (nSPS) is 22.1. The highest BCUT2D eigenvalue weighted by atomic mass is 19.3. The Bertz CT molecular complexity index is 335. The highest BCUT2D eigenvalue weighted by Gasteiger charge is 2.28. The molecule has 0 aromatic carbocycles. The maximum absolute atomic E-state index is 13.2. The SMILES string of the molecule is C=C1N=CC(C(C)(F)F)=CCNCC1(C)C. The Morgan fingerprint density at radius 3 is 2.69 bits per heavy atom. The topological polar surface area (TPSA) is 24.4 Å². The van der Waals surface area contributed by atoms with Gasteiger partial charge in [-0.05, 0) is 0 Å². The summed E-state index contributed by atoms with van der Waals surface area (Å²) in [7, 11) is 0. The number of nitrogens with zero attached hydrogens (tertiary/aromatic N) is 1. The smallest absolute Gasteiger partial charge is 0.271 e. The van der Waals surface area contributed by atoms with Crippen molar-refractivity contribution < 1.29 is 8.78 Å². The molecule has 0 atom stereocenters. The Balaban J connectivity index is 2.97. The third-order valence-corrected chi connectivity index (χ3v) is 2.68. The highest BCUT2D eigenvalue weighted by Crippen LogP contribution is 2.27. The highest BCUT2D eigenvalue weighted by molar-refractivity contribution is 5.81. The summed E-state index contributed by atoms with van der Waals surface area (Å²) in [5.74, 6) is -2.86. The fraction of sp³-hybridized carbons (Fsp3) is 0.583. The first-order valence-electron chi connectivity index (χ1n) is 5.26. The Hall–Kier alpha value is -1.03. The van der Waals surface area contributed by atoms with Crippen molar-refractivity contribution in [3.8, 4) is 0 Å². The number of nitrogens with one attached hydrogen (secondary N) is 1. The molecule has 0 spiro atoms. The second-order valence-corrected chi connectivity index (χ2v) is 4.77. The first kappa shape index (κ1) is 13.0. The lowest BCUT2D eigenvalue weighted by Gasteiger charge is -2.24. The van der Waals surface area contributed by atoms with Gasteiger partial charge in [0.2, 0.25) is 0 Å². The zero-order valence-electron chi connectivity index (χ0n) is 9.98. The molecule has 0 radical (unpaired) electrons. The molecule has 0 aliphatic carbocycles. The van der Waals surface area contributed by atoms with Gasteiger partial charge in [0.05, 0.1) is 0 Å². The van der Waals surface area contributed by atoms with E-state index in [0.717, 1.165) is 6.92 Å². The minimum atomic E-state index is -2.86. The molecule has 0 aromatic heterocycles. The molecule has 1 N–H and O–H groups in total. The van der Waals surface area contributed by atoms with Gasteiger partial charge in [-0.25, -0.2) is 8.78 Å². The first-order chi connectivity index (χ1) is 7.23. The number of allylic oxidation sites excluding steroid dienone is 1. The van der Waals surface area contributed by atoms with Crippen molar-refractivity contribution in [3.05, 3.63) is 23.9 Å². The van der Waals surface area contributed by atoms with Crippen LogP contribution in [0.25, 0.3) is 0 Å². The van der Waals surface area contributed by atoms with Crippen molar-refractivity contribution in [2.45, 2.75) is 26.7 Å². The average Bonchev–Trinajstić information content (AvgIpc) is 2.18. The van der Waals surface area contributed by atoms with Gasteiger partial charge in [0.1, 0.15) is 0 Å². The molecule has 90 valence electrons. The van der Waals surface area contributed by atoms with Gasteiger partial charge in [-0.15, -0.1) is 0 Å². The van der Waals surface area contributed by atoms with Gasteiger partial charge in [0, 0.05) is 42.9 Å². The lowest BCUT2D eigenvalue weighted by molar-refractivity contribution is 0.0704. The summed E-state index contributed by atoms with van der Waals surface area (Å²) in [5, 5.41) is 3.10. The molecule has 2 nitrogen and oxygen atoms in total. The van der Waals surface area contributed by atoms with Gasteiger partial charge in [-0.3, -0.25) is 4.99 Å². The second kappa shape index (κ2) is 4.45. The summed E-state index contributed by atoms with van der Waals surface area (Å²) in [6.07, 6.45) is 2.69. The summed E-state index contributed by atoms with van der Waals surface area (Å²) in [6.45, 7) is 9.74. The molecule has 0 amide bonds. The zero-order valence-corrected chi connectivity index (χ0v) is 9.98. The summed E-state index contributed by atoms with van der Waals surface area (Å²) >= 11 is 0. The number of halogens is 2. The van der Waals surface area contributed by atoms with Crippen LogP contribution in [0.15, 0.2) is 28.9 Å². The van der Waals surface area contributed by atoms with Gasteiger partial charge in [-0.1, -0.05) is 26.5 Å². The first-order valence-corrected chi connectivity index (χ1v) is 5.26. The molecule has 0 bridgehead atoms. The predicted octanol–water partition coefficient (Wildman–Crippen LogP) is 2.78. The Morgan fingerprint density at radius 2 is 2.12 bits per heavy atom. The quantitative estimate of drug-likeness (QED) is 0.733. The maximum atomic E-state index is 13.2. The van der Waals surface area contributed by atoms with Crippen LogP contribution < -0.4 is 5.32 Å². The van der Waals surface area contributed by atoms with E-state index in [9.17, 15) is 8.78 Å². The summed E-state index contributed by atoms with van der Waals surface area (Å²) in [6, 6.07) is 0. The van der Waals surface area contributed by atoms with Crippen molar-refractivity contribution in [2.75, 3.05) is 13.1 Å². The van der Waals surface area contributed by atoms with Crippen molar-refractivity contribution in [3.63, 3.8) is 0 Å². The molecule has 1 aliphatic rings. The number of rotatable bonds is 1. The van der Waals surface area contributed by atoms with Crippen LogP contribution in [0, 0.1) is 5.41 Å². The summed E-state index contributed by atoms with van der Waals surface area (Å²) in [5.41, 5.74) is 0.318. The van der Waals surface area contributed by atoms with Crippen LogP contribution in [-0.4, -0.2) is 25.2 Å². The second-order valence-electron chi connectivity index (χ2n) is 4.77. The number of hydrogen-bond acceptors (Lipinski definition) is 2. The molecule has 4 heteroatoms. The van der Waals surface area contributed by atoms with E-state index in [1.54, 1.807) is 0 Å². The van der Waals surface area contributed by atoms with Crippen molar-refractivity contribution in [1.82, 2.24) is 5.32 Å². The van der Waals surface area contributed by atoms with Gasteiger partial charge in [0.15, 0.2) is 0 Å². The Kier molecular flexibility index (Phi) is 3.63. The van der Waals surface area contributed by atoms with Crippen LogP contribution in [0.4, 0.5) is 8.78 Å². The van der Waals surface area contributed by atoms with E-state index in [0.29, 0.717) is 18.8 Å². The number of hydrogen-bond donors (Lipinski definition) is 1. The number of alkyl halides is 2. The molecule has 1 rings (SSSR count). The summed E-state index contributed by atoms with van der Waals surface area (Å²) in [4.78, 5) is 4.04. The van der Waals surface area contributed by atoms with Gasteiger partial charge in [0.25, 0.3) is 5.92 Å². The average molecular weight is 228 g/mol. The van der Waals surface area contributed by atoms with Crippen LogP contribution in [-0.2, 0) is 0 Å². The maximum Gasteiger partial charge on any atom is 0.271 e. The third kappa shape index (κ3) is 3.23. The Morgan fingerprint density at radius 1 is 1.50 bits per heavy atom. The standard InChI is InChI=1S/C12H18F2N2/c1-9-11(2,3)8-15-6-5-10(7-16-9)12(4,13)14/h5,7,15H,1,6,8H2,2-4H3. The van der Waals surface area contributed by atoms with E-state index in [1.807, 2.05) is 13.8 Å². The molecular formula is C12H18F2N2. The van der Waals surface area contributed by atoms with Crippen molar-refractivity contribution in [1.29, 1.82) is 0 Å². The van der Waals surface area contributed by atoms with Gasteiger partial charge >= 0.3 is 0 Å². The molecular weight excluding hydrogens is 210 g/mol. The minimum absolute atomic E-state index is 0.0705. The molecule has 0 saturated heterocycles. The van der Waals surface area contributed by atoms with Gasteiger partial charge < -0.3 is 5.32 Å². The largest absolute Gasteiger partial charge is 0.312 e. The monoisotopic (exact) mass is 228 g/mol.